The summed E-state index contributed by atoms with van der Waals surface area (Å²) in [6.45, 7) is 0.885. The van der Waals surface area contributed by atoms with Crippen LogP contribution in [0.4, 0.5) is 0 Å². The zero-order valence-electron chi connectivity index (χ0n) is 16.7. The van der Waals surface area contributed by atoms with Crippen molar-refractivity contribution in [2.75, 3.05) is 0 Å². The highest BCUT2D eigenvalue weighted by Crippen LogP contribution is 2.18. The van der Waals surface area contributed by atoms with Crippen molar-refractivity contribution in [2.24, 2.45) is 0 Å². The fourth-order valence-electron chi connectivity index (χ4n) is 3.41. The summed E-state index contributed by atoms with van der Waals surface area (Å²) in [5.41, 5.74) is 2.85. The van der Waals surface area contributed by atoms with Gasteiger partial charge in [-0.15, -0.1) is 0 Å². The number of carboxylic acid groups (broad SMARTS) is 1. The fraction of sp³-hybridized carbons (Fsp3) is 0.0800. The zero-order valence-corrected chi connectivity index (χ0v) is 16.7. The standard InChI is InChI=1S/C25H21N3O3/c29-24(30)11-10-21-9-7-19(17-28-13-3-12-27-28)15-23(21)25(31)26-16-18-6-8-20-4-1-2-5-22(20)14-18/h1-15H,16-17H2,(H,26,31)(H,29,30). The number of hydrogen-bond acceptors (Lipinski definition) is 3. The average Bonchev–Trinajstić information content (AvgIpc) is 3.29. The summed E-state index contributed by atoms with van der Waals surface area (Å²) in [5, 5.41) is 18.4. The van der Waals surface area contributed by atoms with Gasteiger partial charge in [-0.1, -0.05) is 48.5 Å². The van der Waals surface area contributed by atoms with Crippen molar-refractivity contribution in [1.82, 2.24) is 15.1 Å². The molecule has 154 valence electrons. The SMILES string of the molecule is O=C(O)C=Cc1ccc(Cn2cccn2)cc1C(=O)NCc1ccc2ccccc2c1. The van der Waals surface area contributed by atoms with Crippen molar-refractivity contribution >= 4 is 28.7 Å². The van der Waals surface area contributed by atoms with Crippen LogP contribution in [0.1, 0.15) is 27.0 Å². The van der Waals surface area contributed by atoms with E-state index in [1.165, 1.54) is 6.08 Å². The molecule has 0 bridgehead atoms. The number of benzene rings is 3. The molecule has 0 unspecified atom stereocenters. The first-order valence-electron chi connectivity index (χ1n) is 9.86. The van der Waals surface area contributed by atoms with Gasteiger partial charge in [0.25, 0.3) is 5.91 Å². The number of hydrogen-bond donors (Lipinski definition) is 2. The molecule has 0 spiro atoms. The molecule has 0 aliphatic heterocycles. The number of fused-ring (bicyclic) bond motifs is 1. The van der Waals surface area contributed by atoms with E-state index < -0.39 is 5.97 Å². The number of amides is 1. The Morgan fingerprint density at radius 1 is 0.968 bits per heavy atom. The molecule has 3 aromatic carbocycles. The third-order valence-electron chi connectivity index (χ3n) is 4.94. The second-order valence-corrected chi connectivity index (χ2v) is 7.16. The molecule has 6 nitrogen and oxygen atoms in total. The molecule has 0 saturated heterocycles. The molecule has 1 aromatic heterocycles. The molecule has 4 rings (SSSR count). The Hall–Kier alpha value is -4.19. The van der Waals surface area contributed by atoms with Gasteiger partial charge in [0.05, 0.1) is 6.54 Å². The van der Waals surface area contributed by atoms with Gasteiger partial charge in [-0.3, -0.25) is 9.48 Å². The molecule has 0 radical (unpaired) electrons. The normalized spacial score (nSPS) is 11.1. The number of aromatic nitrogens is 2. The van der Waals surface area contributed by atoms with E-state index in [9.17, 15) is 9.59 Å². The van der Waals surface area contributed by atoms with E-state index in [0.717, 1.165) is 28.0 Å². The number of carbonyl (C=O) groups is 2. The molecule has 31 heavy (non-hydrogen) atoms. The van der Waals surface area contributed by atoms with Crippen LogP contribution in [-0.2, 0) is 17.9 Å². The predicted octanol–water partition coefficient (Wildman–Crippen LogP) is 4.11. The lowest BCUT2D eigenvalue weighted by molar-refractivity contribution is -0.131. The van der Waals surface area contributed by atoms with Gasteiger partial charge in [-0.05, 0) is 51.7 Å². The predicted molar refractivity (Wildman–Crippen MR) is 120 cm³/mol. The van der Waals surface area contributed by atoms with E-state index in [-0.39, 0.29) is 5.91 Å². The van der Waals surface area contributed by atoms with Crippen molar-refractivity contribution in [2.45, 2.75) is 13.1 Å². The summed E-state index contributed by atoms with van der Waals surface area (Å²) in [6.07, 6.45) is 6.01. The van der Waals surface area contributed by atoms with Gasteiger partial charge < -0.3 is 10.4 Å². The monoisotopic (exact) mass is 411 g/mol. The van der Waals surface area contributed by atoms with E-state index >= 15 is 0 Å². The summed E-state index contributed by atoms with van der Waals surface area (Å²) in [4.78, 5) is 23.9. The van der Waals surface area contributed by atoms with Gasteiger partial charge in [0.1, 0.15) is 0 Å². The van der Waals surface area contributed by atoms with E-state index in [1.807, 2.05) is 54.7 Å². The number of nitrogens with one attached hydrogen (secondary N) is 1. The summed E-state index contributed by atoms with van der Waals surface area (Å²) in [5.74, 6) is -1.33. The first-order chi connectivity index (χ1) is 15.1. The van der Waals surface area contributed by atoms with E-state index in [1.54, 1.807) is 23.0 Å². The Labute approximate surface area is 179 Å². The van der Waals surface area contributed by atoms with Gasteiger partial charge in [-0.2, -0.15) is 5.10 Å². The van der Waals surface area contributed by atoms with Crippen LogP contribution >= 0.6 is 0 Å². The minimum absolute atomic E-state index is 0.263. The number of aliphatic carboxylic acids is 1. The summed E-state index contributed by atoms with van der Waals surface area (Å²) in [7, 11) is 0. The quantitative estimate of drug-likeness (QED) is 0.448. The fourth-order valence-corrected chi connectivity index (χ4v) is 3.41. The Kier molecular flexibility index (Phi) is 5.89. The van der Waals surface area contributed by atoms with E-state index in [4.69, 9.17) is 5.11 Å². The molecule has 0 atom stereocenters. The second-order valence-electron chi connectivity index (χ2n) is 7.16. The summed E-state index contributed by atoms with van der Waals surface area (Å²) < 4.78 is 1.76. The molecular formula is C25H21N3O3. The number of nitrogens with zero attached hydrogens (tertiary/aromatic N) is 2. The maximum absolute atomic E-state index is 13.0. The number of carboxylic acids is 1. The smallest absolute Gasteiger partial charge is 0.328 e. The third-order valence-corrected chi connectivity index (χ3v) is 4.94. The van der Waals surface area contributed by atoms with Crippen molar-refractivity contribution in [3.63, 3.8) is 0 Å². The maximum Gasteiger partial charge on any atom is 0.328 e. The highest BCUT2D eigenvalue weighted by atomic mass is 16.4. The molecule has 4 aromatic rings. The largest absolute Gasteiger partial charge is 0.478 e. The molecule has 0 aliphatic carbocycles. The zero-order chi connectivity index (χ0) is 21.6. The number of rotatable bonds is 7. The lowest BCUT2D eigenvalue weighted by Gasteiger charge is -2.11. The van der Waals surface area contributed by atoms with Crippen LogP contribution < -0.4 is 5.32 Å². The lowest BCUT2D eigenvalue weighted by atomic mass is 10.0. The first kappa shape index (κ1) is 20.1. The summed E-state index contributed by atoms with van der Waals surface area (Å²) >= 11 is 0. The van der Waals surface area contributed by atoms with Crippen LogP contribution in [-0.4, -0.2) is 26.8 Å². The van der Waals surface area contributed by atoms with Crippen molar-refractivity contribution in [3.8, 4) is 0 Å². The highest BCUT2D eigenvalue weighted by Gasteiger charge is 2.12. The van der Waals surface area contributed by atoms with Crippen LogP contribution in [0.15, 0.2) is 85.2 Å². The topological polar surface area (TPSA) is 84.2 Å². The second kappa shape index (κ2) is 9.09. The van der Waals surface area contributed by atoms with Gasteiger partial charge >= 0.3 is 5.97 Å². The number of carbonyl (C=O) groups excluding carboxylic acids is 1. The Bertz CT molecular complexity index is 1260. The first-order valence-corrected chi connectivity index (χ1v) is 9.86. The van der Waals surface area contributed by atoms with Crippen LogP contribution in [0.25, 0.3) is 16.8 Å². The van der Waals surface area contributed by atoms with Crippen LogP contribution in [0.2, 0.25) is 0 Å². The van der Waals surface area contributed by atoms with Crippen molar-refractivity contribution in [1.29, 1.82) is 0 Å². The minimum Gasteiger partial charge on any atom is -0.478 e. The summed E-state index contributed by atoms with van der Waals surface area (Å²) in [6, 6.07) is 21.4. The average molecular weight is 411 g/mol. The van der Waals surface area contributed by atoms with Crippen LogP contribution in [0.5, 0.6) is 0 Å². The molecule has 0 fully saturated rings. The van der Waals surface area contributed by atoms with Gasteiger partial charge in [0.15, 0.2) is 0 Å². The van der Waals surface area contributed by atoms with Crippen LogP contribution in [0.3, 0.4) is 0 Å². The Morgan fingerprint density at radius 3 is 2.55 bits per heavy atom. The molecule has 0 saturated carbocycles. The maximum atomic E-state index is 13.0. The lowest BCUT2D eigenvalue weighted by Crippen LogP contribution is -2.24. The molecule has 1 amide bonds. The molecule has 2 N–H and O–H groups in total. The molecule has 0 aliphatic rings. The third kappa shape index (κ3) is 5.05. The van der Waals surface area contributed by atoms with Gasteiger partial charge in [-0.25, -0.2) is 4.79 Å². The molecule has 1 heterocycles. The minimum atomic E-state index is -1.07. The Morgan fingerprint density at radius 2 is 1.77 bits per heavy atom. The molecular weight excluding hydrogens is 390 g/mol. The molecule has 6 heteroatoms. The van der Waals surface area contributed by atoms with Crippen molar-refractivity contribution < 1.29 is 14.7 Å². The Balaban J connectivity index is 1.56. The highest BCUT2D eigenvalue weighted by molar-refractivity contribution is 5.99. The van der Waals surface area contributed by atoms with Gasteiger partial charge in [0.2, 0.25) is 0 Å². The van der Waals surface area contributed by atoms with E-state index in [2.05, 4.69) is 16.5 Å². The van der Waals surface area contributed by atoms with E-state index in [0.29, 0.717) is 24.2 Å². The van der Waals surface area contributed by atoms with Crippen molar-refractivity contribution in [3.05, 3.63) is 107 Å². The van der Waals surface area contributed by atoms with Crippen LogP contribution in [0, 0.1) is 0 Å². The van der Waals surface area contributed by atoms with Gasteiger partial charge in [0, 0.05) is 30.6 Å².